The van der Waals surface area contributed by atoms with Crippen LogP contribution in [0.5, 0.6) is 5.88 Å². The Balaban J connectivity index is 2.68. The number of nitrogens with zero attached hydrogens (tertiary/aromatic N) is 1. The van der Waals surface area contributed by atoms with E-state index in [2.05, 4.69) is 4.98 Å². The monoisotopic (exact) mass is 321 g/mol. The van der Waals surface area contributed by atoms with E-state index in [-0.39, 0.29) is 0 Å². The Hall–Kier alpha value is -0.670. The molecule has 94 valence electrons. The Kier molecular flexibility index (Phi) is 4.23. The largest absolute Gasteiger partial charge is 0.481 e. The van der Waals surface area contributed by atoms with Crippen molar-refractivity contribution in [3.05, 3.63) is 44.5 Å². The summed E-state index contributed by atoms with van der Waals surface area (Å²) < 4.78 is 5.05. The van der Waals surface area contributed by atoms with Crippen LogP contribution in [0.15, 0.2) is 24.4 Å². The topological polar surface area (TPSA) is 22.1 Å². The van der Waals surface area contributed by atoms with Gasteiger partial charge in [0.2, 0.25) is 5.88 Å². The molecule has 6 heteroatoms. The highest BCUT2D eigenvalue weighted by Crippen LogP contribution is 2.40. The summed E-state index contributed by atoms with van der Waals surface area (Å²) >= 11 is 24.3. The molecule has 0 radical (unpaired) electrons. The molecule has 0 amide bonds. The Bertz CT molecular complexity index is 578. The van der Waals surface area contributed by atoms with E-state index < -0.39 is 0 Å². The molecular formula is C12H7Cl4NO. The Morgan fingerprint density at radius 2 is 1.56 bits per heavy atom. The van der Waals surface area contributed by atoms with Gasteiger partial charge in [0.1, 0.15) is 0 Å². The molecule has 2 nitrogen and oxygen atoms in total. The summed E-state index contributed by atoms with van der Waals surface area (Å²) in [5, 5.41) is 1.73. The van der Waals surface area contributed by atoms with E-state index >= 15 is 0 Å². The van der Waals surface area contributed by atoms with Crippen molar-refractivity contribution in [1.29, 1.82) is 0 Å². The molecule has 0 fully saturated rings. The number of aromatic nitrogens is 1. The van der Waals surface area contributed by atoms with E-state index in [0.29, 0.717) is 37.1 Å². The van der Waals surface area contributed by atoms with E-state index in [1.54, 1.807) is 18.2 Å². The van der Waals surface area contributed by atoms with Crippen LogP contribution in [0.4, 0.5) is 0 Å². The van der Waals surface area contributed by atoms with Crippen LogP contribution in [-0.4, -0.2) is 12.1 Å². The zero-order valence-electron chi connectivity index (χ0n) is 9.18. The molecule has 0 aliphatic carbocycles. The van der Waals surface area contributed by atoms with Crippen molar-refractivity contribution in [1.82, 2.24) is 4.98 Å². The van der Waals surface area contributed by atoms with E-state index in [0.717, 1.165) is 0 Å². The smallest absolute Gasteiger partial charge is 0.213 e. The van der Waals surface area contributed by atoms with Gasteiger partial charge in [-0.15, -0.1) is 0 Å². The van der Waals surface area contributed by atoms with Crippen molar-refractivity contribution in [3.8, 4) is 17.0 Å². The minimum Gasteiger partial charge on any atom is -0.481 e. The molecule has 1 aromatic heterocycles. The van der Waals surface area contributed by atoms with Crippen LogP contribution in [0.2, 0.25) is 20.1 Å². The molecule has 0 bridgehead atoms. The third kappa shape index (κ3) is 2.67. The molecule has 0 atom stereocenters. The first-order valence-corrected chi connectivity index (χ1v) is 6.38. The maximum atomic E-state index is 6.15. The highest BCUT2D eigenvalue weighted by Gasteiger charge is 2.14. The molecule has 2 aromatic rings. The molecule has 1 heterocycles. The van der Waals surface area contributed by atoms with Gasteiger partial charge in [-0.1, -0.05) is 46.4 Å². The van der Waals surface area contributed by atoms with Gasteiger partial charge in [0.05, 0.1) is 28.4 Å². The van der Waals surface area contributed by atoms with Crippen LogP contribution in [-0.2, 0) is 0 Å². The number of benzene rings is 1. The molecule has 2 rings (SSSR count). The minimum absolute atomic E-state index is 0.419. The highest BCUT2D eigenvalue weighted by atomic mass is 35.5. The summed E-state index contributed by atoms with van der Waals surface area (Å²) in [6.45, 7) is 0. The van der Waals surface area contributed by atoms with Crippen LogP contribution in [0.1, 0.15) is 0 Å². The first-order valence-electron chi connectivity index (χ1n) is 4.87. The minimum atomic E-state index is 0.419. The van der Waals surface area contributed by atoms with Crippen molar-refractivity contribution < 1.29 is 4.74 Å². The summed E-state index contributed by atoms with van der Waals surface area (Å²) in [6, 6.07) is 4.88. The van der Waals surface area contributed by atoms with Crippen LogP contribution >= 0.6 is 46.4 Å². The summed E-state index contributed by atoms with van der Waals surface area (Å²) in [5.41, 5.74) is 1.25. The SMILES string of the molecule is COc1cc(-c2c(Cl)cc(Cl)cc2Cl)c(Cl)cn1. The number of pyridine rings is 1. The van der Waals surface area contributed by atoms with Crippen molar-refractivity contribution in [2.24, 2.45) is 0 Å². The van der Waals surface area contributed by atoms with Gasteiger partial charge >= 0.3 is 0 Å². The van der Waals surface area contributed by atoms with Crippen molar-refractivity contribution in [2.45, 2.75) is 0 Å². The first kappa shape index (κ1) is 13.8. The fraction of sp³-hybridized carbons (Fsp3) is 0.0833. The molecule has 0 saturated carbocycles. The molecule has 0 spiro atoms. The molecule has 0 saturated heterocycles. The lowest BCUT2D eigenvalue weighted by molar-refractivity contribution is 0.398. The van der Waals surface area contributed by atoms with Crippen molar-refractivity contribution >= 4 is 46.4 Å². The van der Waals surface area contributed by atoms with Gasteiger partial charge in [-0.2, -0.15) is 0 Å². The standard InChI is InChI=1S/C12H7Cl4NO/c1-18-11-4-7(10(16)5-17-11)12-8(14)2-6(13)3-9(12)15/h2-5H,1H3. The van der Waals surface area contributed by atoms with E-state index in [1.807, 2.05) is 0 Å². The van der Waals surface area contributed by atoms with Gasteiger partial charge in [0.15, 0.2) is 0 Å². The Labute approximate surface area is 124 Å². The van der Waals surface area contributed by atoms with Gasteiger partial charge in [-0.05, 0) is 12.1 Å². The Morgan fingerprint density at radius 1 is 0.944 bits per heavy atom. The lowest BCUT2D eigenvalue weighted by Crippen LogP contribution is -1.90. The van der Waals surface area contributed by atoms with E-state index in [9.17, 15) is 0 Å². The molecule has 0 aliphatic rings. The maximum Gasteiger partial charge on any atom is 0.213 e. The molecule has 18 heavy (non-hydrogen) atoms. The van der Waals surface area contributed by atoms with Gasteiger partial charge in [0, 0.05) is 22.2 Å². The number of halogens is 4. The summed E-state index contributed by atoms with van der Waals surface area (Å²) in [4.78, 5) is 3.99. The molecule has 1 aromatic carbocycles. The van der Waals surface area contributed by atoms with Gasteiger partial charge in [-0.25, -0.2) is 4.98 Å². The number of ether oxygens (including phenoxy) is 1. The molecular weight excluding hydrogens is 316 g/mol. The van der Waals surface area contributed by atoms with Crippen LogP contribution in [0.25, 0.3) is 11.1 Å². The predicted molar refractivity (Wildman–Crippen MR) is 76.3 cm³/mol. The first-order chi connectivity index (χ1) is 8.52. The lowest BCUT2D eigenvalue weighted by atomic mass is 10.1. The van der Waals surface area contributed by atoms with Crippen LogP contribution < -0.4 is 4.74 Å². The third-order valence-electron chi connectivity index (χ3n) is 2.32. The number of methoxy groups -OCH3 is 1. The van der Waals surface area contributed by atoms with Crippen molar-refractivity contribution in [2.75, 3.05) is 7.11 Å². The normalized spacial score (nSPS) is 10.5. The second kappa shape index (κ2) is 5.54. The summed E-state index contributed by atoms with van der Waals surface area (Å²) in [7, 11) is 1.52. The molecule has 0 N–H and O–H groups in total. The second-order valence-corrected chi connectivity index (χ2v) is 5.11. The van der Waals surface area contributed by atoms with Gasteiger partial charge < -0.3 is 4.74 Å². The highest BCUT2D eigenvalue weighted by molar-refractivity contribution is 6.43. The van der Waals surface area contributed by atoms with Crippen molar-refractivity contribution in [3.63, 3.8) is 0 Å². The number of rotatable bonds is 2. The van der Waals surface area contributed by atoms with Crippen LogP contribution in [0, 0.1) is 0 Å². The van der Waals surface area contributed by atoms with Gasteiger partial charge in [0.25, 0.3) is 0 Å². The summed E-state index contributed by atoms with van der Waals surface area (Å²) in [5.74, 6) is 0.427. The fourth-order valence-corrected chi connectivity index (χ4v) is 2.74. The number of hydrogen-bond donors (Lipinski definition) is 0. The van der Waals surface area contributed by atoms with Crippen LogP contribution in [0.3, 0.4) is 0 Å². The molecule has 0 aliphatic heterocycles. The fourth-order valence-electron chi connectivity index (χ4n) is 1.52. The predicted octanol–water partition coefficient (Wildman–Crippen LogP) is 5.37. The molecule has 0 unspecified atom stereocenters. The summed E-state index contributed by atoms with van der Waals surface area (Å²) in [6.07, 6.45) is 1.48. The lowest BCUT2D eigenvalue weighted by Gasteiger charge is -2.10. The Morgan fingerprint density at radius 3 is 2.11 bits per heavy atom. The third-order valence-corrected chi connectivity index (χ3v) is 3.43. The maximum absolute atomic E-state index is 6.15. The second-order valence-electron chi connectivity index (χ2n) is 3.45. The zero-order valence-corrected chi connectivity index (χ0v) is 12.2. The zero-order chi connectivity index (χ0) is 13.3. The van der Waals surface area contributed by atoms with E-state index in [1.165, 1.54) is 13.3 Å². The average Bonchev–Trinajstić information content (AvgIpc) is 2.30. The average molecular weight is 323 g/mol. The van der Waals surface area contributed by atoms with Gasteiger partial charge in [-0.3, -0.25) is 0 Å². The quantitative estimate of drug-likeness (QED) is 0.741. The number of hydrogen-bond acceptors (Lipinski definition) is 2. The van der Waals surface area contributed by atoms with E-state index in [4.69, 9.17) is 51.1 Å².